The number of piperazine rings is 1. The fourth-order valence-electron chi connectivity index (χ4n) is 2.97. The zero-order valence-corrected chi connectivity index (χ0v) is 18.3. The standard InChI is InChI=1S/C17H19Cl2IN2O4/c1-17(2,3)26-16(24)21-4-5-22-9(7-21)8-25-14-10(15(22)23)6-11(18)13(20)12(14)19/h6,9H,4-5,7-8H2,1-3H3/t9-/m1/s1. The van der Waals surface area contributed by atoms with Crippen LogP contribution in [0.3, 0.4) is 0 Å². The molecule has 142 valence electrons. The third kappa shape index (κ3) is 3.84. The van der Waals surface area contributed by atoms with Crippen molar-refractivity contribution in [3.05, 3.63) is 25.2 Å². The van der Waals surface area contributed by atoms with Gasteiger partial charge >= 0.3 is 6.09 Å². The molecule has 2 aliphatic heterocycles. The van der Waals surface area contributed by atoms with Gasteiger partial charge in [0.1, 0.15) is 12.2 Å². The third-order valence-electron chi connectivity index (χ3n) is 4.16. The second-order valence-electron chi connectivity index (χ2n) is 7.25. The quantitative estimate of drug-likeness (QED) is 0.388. The van der Waals surface area contributed by atoms with Crippen LogP contribution in [0.15, 0.2) is 6.07 Å². The first kappa shape index (κ1) is 19.8. The number of hydrogen-bond donors (Lipinski definition) is 0. The molecule has 0 saturated carbocycles. The Kier molecular flexibility index (Phi) is 5.52. The molecule has 26 heavy (non-hydrogen) atoms. The van der Waals surface area contributed by atoms with Gasteiger partial charge in [0.25, 0.3) is 5.91 Å². The fraction of sp³-hybridized carbons (Fsp3) is 0.529. The van der Waals surface area contributed by atoms with E-state index < -0.39 is 5.60 Å². The van der Waals surface area contributed by atoms with Crippen LogP contribution in [0.4, 0.5) is 4.79 Å². The first-order chi connectivity index (χ1) is 12.1. The maximum absolute atomic E-state index is 13.0. The molecule has 0 N–H and O–H groups in total. The molecule has 0 bridgehead atoms. The summed E-state index contributed by atoms with van der Waals surface area (Å²) >= 11 is 14.5. The molecule has 6 nitrogen and oxygen atoms in total. The molecule has 0 radical (unpaired) electrons. The van der Waals surface area contributed by atoms with Gasteiger partial charge in [0.15, 0.2) is 5.75 Å². The third-order valence-corrected chi connectivity index (χ3v) is 6.58. The van der Waals surface area contributed by atoms with Crippen molar-refractivity contribution in [1.82, 2.24) is 9.80 Å². The Labute approximate surface area is 175 Å². The SMILES string of the molecule is CC(C)(C)OC(=O)N1CCN2C(=O)c3cc(Cl)c(I)c(Cl)c3OC[C@H]2C1. The Morgan fingerprint density at radius 1 is 1.35 bits per heavy atom. The minimum atomic E-state index is -0.568. The number of nitrogens with zero attached hydrogens (tertiary/aromatic N) is 2. The van der Waals surface area contributed by atoms with Crippen molar-refractivity contribution in [2.75, 3.05) is 26.2 Å². The molecule has 0 unspecified atom stereocenters. The number of ether oxygens (including phenoxy) is 2. The van der Waals surface area contributed by atoms with Crippen LogP contribution in [0.5, 0.6) is 5.75 Å². The van der Waals surface area contributed by atoms with E-state index in [4.69, 9.17) is 32.7 Å². The molecule has 0 spiro atoms. The molecule has 1 saturated heterocycles. The number of amides is 2. The minimum absolute atomic E-state index is 0.188. The summed E-state index contributed by atoms with van der Waals surface area (Å²) in [5, 5.41) is 0.752. The Morgan fingerprint density at radius 3 is 2.69 bits per heavy atom. The summed E-state index contributed by atoms with van der Waals surface area (Å²) < 4.78 is 11.9. The first-order valence-corrected chi connectivity index (χ1v) is 10.0. The molecular weight excluding hydrogens is 494 g/mol. The van der Waals surface area contributed by atoms with E-state index >= 15 is 0 Å². The highest BCUT2D eigenvalue weighted by Gasteiger charge is 2.39. The second kappa shape index (κ2) is 7.24. The Bertz CT molecular complexity index is 766. The Balaban J connectivity index is 1.83. The van der Waals surface area contributed by atoms with Crippen molar-refractivity contribution in [3.8, 4) is 5.75 Å². The number of fused-ring (bicyclic) bond motifs is 2. The summed E-state index contributed by atoms with van der Waals surface area (Å²) in [5.74, 6) is 0.162. The first-order valence-electron chi connectivity index (χ1n) is 8.17. The van der Waals surface area contributed by atoms with E-state index in [0.29, 0.717) is 44.6 Å². The summed E-state index contributed by atoms with van der Waals surface area (Å²) in [4.78, 5) is 28.6. The lowest BCUT2D eigenvalue weighted by molar-refractivity contribution is 0.000952. The van der Waals surface area contributed by atoms with Crippen molar-refractivity contribution in [2.45, 2.75) is 32.4 Å². The number of hydrogen-bond acceptors (Lipinski definition) is 4. The van der Waals surface area contributed by atoms with Crippen LogP contribution in [0.1, 0.15) is 31.1 Å². The molecule has 2 aliphatic rings. The molecule has 2 amide bonds. The fourth-order valence-corrected chi connectivity index (χ4v) is 3.88. The number of benzene rings is 1. The van der Waals surface area contributed by atoms with E-state index in [-0.39, 0.29) is 24.6 Å². The molecule has 2 heterocycles. The molecule has 1 atom stereocenters. The van der Waals surface area contributed by atoms with Crippen molar-refractivity contribution in [2.24, 2.45) is 0 Å². The van der Waals surface area contributed by atoms with Crippen molar-refractivity contribution >= 4 is 57.8 Å². The molecule has 1 aromatic carbocycles. The van der Waals surface area contributed by atoms with Crippen LogP contribution in [-0.2, 0) is 4.74 Å². The van der Waals surface area contributed by atoms with E-state index in [0.717, 1.165) is 0 Å². The van der Waals surface area contributed by atoms with E-state index in [1.807, 2.05) is 43.4 Å². The maximum Gasteiger partial charge on any atom is 0.410 e. The zero-order chi connectivity index (χ0) is 19.2. The monoisotopic (exact) mass is 512 g/mol. The van der Waals surface area contributed by atoms with Crippen molar-refractivity contribution in [3.63, 3.8) is 0 Å². The Morgan fingerprint density at radius 2 is 2.04 bits per heavy atom. The highest BCUT2D eigenvalue weighted by atomic mass is 127. The zero-order valence-electron chi connectivity index (χ0n) is 14.6. The van der Waals surface area contributed by atoms with Gasteiger partial charge in [-0.1, -0.05) is 23.2 Å². The number of carbonyl (C=O) groups is 2. The van der Waals surface area contributed by atoms with E-state index in [9.17, 15) is 9.59 Å². The highest BCUT2D eigenvalue weighted by molar-refractivity contribution is 14.1. The molecule has 1 aromatic rings. The lowest BCUT2D eigenvalue weighted by Gasteiger charge is -2.40. The average Bonchev–Trinajstić information content (AvgIpc) is 2.69. The largest absolute Gasteiger partial charge is 0.489 e. The normalized spacial score (nSPS) is 20.1. The summed E-state index contributed by atoms with van der Waals surface area (Å²) in [7, 11) is 0. The van der Waals surface area contributed by atoms with Gasteiger partial charge in [-0.25, -0.2) is 4.79 Å². The average molecular weight is 513 g/mol. The van der Waals surface area contributed by atoms with Crippen LogP contribution in [0.2, 0.25) is 10.0 Å². The van der Waals surface area contributed by atoms with Gasteiger partial charge < -0.3 is 19.3 Å². The van der Waals surface area contributed by atoms with Gasteiger partial charge in [0.2, 0.25) is 0 Å². The molecule has 1 fully saturated rings. The number of carbonyl (C=O) groups excluding carboxylic acids is 2. The van der Waals surface area contributed by atoms with Gasteiger partial charge in [-0.05, 0) is 49.4 Å². The van der Waals surface area contributed by atoms with Crippen molar-refractivity contribution in [1.29, 1.82) is 0 Å². The summed E-state index contributed by atoms with van der Waals surface area (Å²) in [6.45, 7) is 6.86. The lowest BCUT2D eigenvalue weighted by Crippen LogP contribution is -2.58. The molecule has 9 heteroatoms. The smallest absolute Gasteiger partial charge is 0.410 e. The van der Waals surface area contributed by atoms with E-state index in [1.165, 1.54) is 0 Å². The van der Waals surface area contributed by atoms with Gasteiger partial charge in [-0.3, -0.25) is 4.79 Å². The van der Waals surface area contributed by atoms with Crippen LogP contribution < -0.4 is 4.74 Å². The van der Waals surface area contributed by atoms with E-state index in [2.05, 4.69) is 0 Å². The number of rotatable bonds is 0. The van der Waals surface area contributed by atoms with E-state index in [1.54, 1.807) is 15.9 Å². The predicted molar refractivity (Wildman–Crippen MR) is 107 cm³/mol. The summed E-state index contributed by atoms with van der Waals surface area (Å²) in [6.07, 6.45) is -0.387. The van der Waals surface area contributed by atoms with Crippen LogP contribution >= 0.6 is 45.8 Å². The highest BCUT2D eigenvalue weighted by Crippen LogP contribution is 2.40. The van der Waals surface area contributed by atoms with Gasteiger partial charge in [0.05, 0.1) is 25.2 Å². The Hall–Kier alpha value is -0.930. The van der Waals surface area contributed by atoms with Gasteiger partial charge in [-0.15, -0.1) is 0 Å². The number of halogens is 3. The van der Waals surface area contributed by atoms with Gasteiger partial charge in [-0.2, -0.15) is 0 Å². The molecule has 0 aliphatic carbocycles. The van der Waals surface area contributed by atoms with Gasteiger partial charge in [0, 0.05) is 19.6 Å². The topological polar surface area (TPSA) is 59.1 Å². The van der Waals surface area contributed by atoms with Crippen LogP contribution in [0, 0.1) is 3.57 Å². The lowest BCUT2D eigenvalue weighted by atomic mass is 10.1. The van der Waals surface area contributed by atoms with Crippen LogP contribution in [-0.4, -0.2) is 59.7 Å². The maximum atomic E-state index is 13.0. The summed E-state index contributed by atoms with van der Waals surface area (Å²) in [5.41, 5.74) is -0.213. The minimum Gasteiger partial charge on any atom is -0.489 e. The molecular formula is C17H19Cl2IN2O4. The predicted octanol–water partition coefficient (Wildman–Crippen LogP) is 4.05. The second-order valence-corrected chi connectivity index (χ2v) is 9.12. The molecule has 0 aromatic heterocycles. The molecule has 3 rings (SSSR count). The van der Waals surface area contributed by atoms with Crippen molar-refractivity contribution < 1.29 is 19.1 Å². The summed E-state index contributed by atoms with van der Waals surface area (Å²) in [6, 6.07) is 1.32. The van der Waals surface area contributed by atoms with Crippen LogP contribution in [0.25, 0.3) is 0 Å².